The third kappa shape index (κ3) is 3.38. The second-order valence-electron chi connectivity index (χ2n) is 7.59. The molecule has 136 valence electrons. The Kier molecular flexibility index (Phi) is 4.77. The van der Waals surface area contributed by atoms with Crippen LogP contribution in [0.2, 0.25) is 0 Å². The molecule has 2 aromatic carbocycles. The topological polar surface area (TPSA) is 46.3 Å². The standard InChI is InChI=1S/C22H25FN2O/c23-19-9-3-8-18(14-19)17-7-1-4-15(12-17)13-21-20(24)10-11-25(21)22(26)16-5-2-6-16/h1,3-4,7-9,12,14,16,20-21H,2,5-6,10-11,13,24H2/t20-,21-/m1/s1. The maximum atomic E-state index is 13.5. The lowest BCUT2D eigenvalue weighted by Crippen LogP contribution is -2.47. The van der Waals surface area contributed by atoms with Crippen molar-refractivity contribution >= 4 is 5.91 Å². The fourth-order valence-corrected chi connectivity index (χ4v) is 4.09. The molecule has 2 N–H and O–H groups in total. The zero-order valence-electron chi connectivity index (χ0n) is 14.9. The van der Waals surface area contributed by atoms with E-state index < -0.39 is 0 Å². The summed E-state index contributed by atoms with van der Waals surface area (Å²) in [4.78, 5) is 14.7. The number of carbonyl (C=O) groups is 1. The lowest BCUT2D eigenvalue weighted by Gasteiger charge is -2.33. The first kappa shape index (κ1) is 17.2. The summed E-state index contributed by atoms with van der Waals surface area (Å²) in [5, 5.41) is 0. The van der Waals surface area contributed by atoms with Gasteiger partial charge >= 0.3 is 0 Å². The van der Waals surface area contributed by atoms with E-state index in [1.807, 2.05) is 23.1 Å². The van der Waals surface area contributed by atoms with Gasteiger partial charge in [0.05, 0.1) is 6.04 Å². The Morgan fingerprint density at radius 3 is 2.50 bits per heavy atom. The van der Waals surface area contributed by atoms with Crippen LogP contribution in [0, 0.1) is 11.7 Å². The molecule has 2 atom stereocenters. The van der Waals surface area contributed by atoms with Crippen LogP contribution in [0.4, 0.5) is 4.39 Å². The lowest BCUT2D eigenvalue weighted by atomic mass is 9.84. The van der Waals surface area contributed by atoms with Crippen LogP contribution in [0.15, 0.2) is 48.5 Å². The fourth-order valence-electron chi connectivity index (χ4n) is 4.09. The number of hydrogen-bond donors (Lipinski definition) is 1. The Balaban J connectivity index is 1.54. The fraction of sp³-hybridized carbons (Fsp3) is 0.409. The maximum absolute atomic E-state index is 13.5. The number of nitrogens with two attached hydrogens (primary N) is 1. The minimum Gasteiger partial charge on any atom is -0.338 e. The highest BCUT2D eigenvalue weighted by Crippen LogP contribution is 2.32. The quantitative estimate of drug-likeness (QED) is 0.911. The number of carbonyl (C=O) groups excluding carboxylic acids is 1. The van der Waals surface area contributed by atoms with E-state index in [0.717, 1.165) is 55.3 Å². The number of hydrogen-bond acceptors (Lipinski definition) is 2. The van der Waals surface area contributed by atoms with E-state index >= 15 is 0 Å². The molecule has 1 aliphatic heterocycles. The second kappa shape index (κ2) is 7.20. The number of nitrogens with zero attached hydrogens (tertiary/aromatic N) is 1. The Labute approximate surface area is 154 Å². The Hall–Kier alpha value is -2.20. The first-order valence-corrected chi connectivity index (χ1v) is 9.53. The summed E-state index contributed by atoms with van der Waals surface area (Å²) < 4.78 is 13.5. The summed E-state index contributed by atoms with van der Waals surface area (Å²) in [6.45, 7) is 0.769. The number of rotatable bonds is 4. The normalized spacial score (nSPS) is 23.1. The third-order valence-electron chi connectivity index (χ3n) is 5.87. The lowest BCUT2D eigenvalue weighted by molar-refractivity contribution is -0.139. The molecular formula is C22H25FN2O. The molecule has 0 radical (unpaired) electrons. The van der Waals surface area contributed by atoms with Gasteiger partial charge in [0.1, 0.15) is 5.82 Å². The minimum atomic E-state index is -0.233. The number of likely N-dealkylation sites (tertiary alicyclic amines) is 1. The molecule has 2 fully saturated rings. The van der Waals surface area contributed by atoms with Crippen molar-refractivity contribution in [2.75, 3.05) is 6.54 Å². The largest absolute Gasteiger partial charge is 0.338 e. The van der Waals surface area contributed by atoms with E-state index in [9.17, 15) is 9.18 Å². The van der Waals surface area contributed by atoms with Gasteiger partial charge in [0, 0.05) is 18.5 Å². The SMILES string of the molecule is N[C@@H]1CCN(C(=O)C2CCC2)[C@@H]1Cc1cccc(-c2cccc(F)c2)c1. The van der Waals surface area contributed by atoms with Crippen molar-refractivity contribution in [3.05, 3.63) is 59.9 Å². The van der Waals surface area contributed by atoms with E-state index in [-0.39, 0.29) is 29.7 Å². The van der Waals surface area contributed by atoms with Crippen LogP contribution in [0.5, 0.6) is 0 Å². The van der Waals surface area contributed by atoms with Gasteiger partial charge in [-0.1, -0.05) is 42.8 Å². The van der Waals surface area contributed by atoms with Crippen molar-refractivity contribution in [3.8, 4) is 11.1 Å². The molecule has 2 aromatic rings. The maximum Gasteiger partial charge on any atom is 0.225 e. The summed E-state index contributed by atoms with van der Waals surface area (Å²) >= 11 is 0. The molecule has 1 saturated carbocycles. The zero-order valence-corrected chi connectivity index (χ0v) is 14.9. The summed E-state index contributed by atoms with van der Waals surface area (Å²) in [5.74, 6) is 0.264. The van der Waals surface area contributed by atoms with Crippen molar-refractivity contribution in [2.45, 2.75) is 44.2 Å². The molecule has 4 heteroatoms. The molecule has 1 amide bonds. The summed E-state index contributed by atoms with van der Waals surface area (Å²) in [6.07, 6.45) is 4.82. The van der Waals surface area contributed by atoms with Gasteiger partial charge in [0.25, 0.3) is 0 Å². The molecule has 1 saturated heterocycles. The van der Waals surface area contributed by atoms with Crippen LogP contribution in [0.25, 0.3) is 11.1 Å². The van der Waals surface area contributed by atoms with Gasteiger partial charge in [0.2, 0.25) is 5.91 Å². The van der Waals surface area contributed by atoms with E-state index in [1.165, 1.54) is 6.07 Å². The Morgan fingerprint density at radius 1 is 1.08 bits per heavy atom. The molecule has 26 heavy (non-hydrogen) atoms. The first-order chi connectivity index (χ1) is 12.6. The molecular weight excluding hydrogens is 327 g/mol. The Bertz CT molecular complexity index is 802. The van der Waals surface area contributed by atoms with Gasteiger partial charge in [-0.05, 0) is 54.5 Å². The first-order valence-electron chi connectivity index (χ1n) is 9.53. The minimum absolute atomic E-state index is 0.0249. The van der Waals surface area contributed by atoms with E-state index in [1.54, 1.807) is 12.1 Å². The van der Waals surface area contributed by atoms with Gasteiger partial charge in [-0.3, -0.25) is 4.79 Å². The molecule has 0 unspecified atom stereocenters. The highest BCUT2D eigenvalue weighted by molar-refractivity contribution is 5.80. The van der Waals surface area contributed by atoms with Crippen LogP contribution in [-0.4, -0.2) is 29.4 Å². The molecule has 1 heterocycles. The molecule has 0 spiro atoms. The Morgan fingerprint density at radius 2 is 1.81 bits per heavy atom. The number of benzene rings is 2. The van der Waals surface area contributed by atoms with Crippen molar-refractivity contribution in [1.82, 2.24) is 4.90 Å². The zero-order chi connectivity index (χ0) is 18.1. The van der Waals surface area contributed by atoms with Crippen LogP contribution >= 0.6 is 0 Å². The predicted octanol–water partition coefficient (Wildman–Crippen LogP) is 3.76. The molecule has 0 aromatic heterocycles. The number of halogens is 1. The average Bonchev–Trinajstić information content (AvgIpc) is 2.94. The molecule has 2 aliphatic rings. The summed E-state index contributed by atoms with van der Waals surface area (Å²) in [6, 6.07) is 14.9. The predicted molar refractivity (Wildman–Crippen MR) is 101 cm³/mol. The highest BCUT2D eigenvalue weighted by atomic mass is 19.1. The highest BCUT2D eigenvalue weighted by Gasteiger charge is 2.39. The molecule has 0 bridgehead atoms. The second-order valence-corrected chi connectivity index (χ2v) is 7.59. The van der Waals surface area contributed by atoms with Crippen molar-refractivity contribution in [3.63, 3.8) is 0 Å². The van der Waals surface area contributed by atoms with Crippen LogP contribution in [-0.2, 0) is 11.2 Å². The van der Waals surface area contributed by atoms with Gasteiger partial charge in [-0.25, -0.2) is 4.39 Å². The van der Waals surface area contributed by atoms with Crippen LogP contribution < -0.4 is 5.73 Å². The van der Waals surface area contributed by atoms with Crippen molar-refractivity contribution in [2.24, 2.45) is 11.7 Å². The third-order valence-corrected chi connectivity index (χ3v) is 5.87. The van der Waals surface area contributed by atoms with E-state index in [4.69, 9.17) is 5.73 Å². The summed E-state index contributed by atoms with van der Waals surface area (Å²) in [7, 11) is 0. The van der Waals surface area contributed by atoms with Crippen molar-refractivity contribution < 1.29 is 9.18 Å². The smallest absolute Gasteiger partial charge is 0.225 e. The van der Waals surface area contributed by atoms with Gasteiger partial charge in [0.15, 0.2) is 0 Å². The average molecular weight is 352 g/mol. The van der Waals surface area contributed by atoms with Gasteiger partial charge < -0.3 is 10.6 Å². The van der Waals surface area contributed by atoms with E-state index in [0.29, 0.717) is 0 Å². The van der Waals surface area contributed by atoms with Gasteiger partial charge in [-0.15, -0.1) is 0 Å². The monoisotopic (exact) mass is 352 g/mol. The number of amides is 1. The van der Waals surface area contributed by atoms with Crippen LogP contribution in [0.3, 0.4) is 0 Å². The molecule has 1 aliphatic carbocycles. The van der Waals surface area contributed by atoms with E-state index in [2.05, 4.69) is 12.1 Å². The van der Waals surface area contributed by atoms with Gasteiger partial charge in [-0.2, -0.15) is 0 Å². The molecule has 4 rings (SSSR count). The van der Waals surface area contributed by atoms with Crippen molar-refractivity contribution in [1.29, 1.82) is 0 Å². The molecule has 3 nitrogen and oxygen atoms in total. The summed E-state index contributed by atoms with van der Waals surface area (Å²) in [5.41, 5.74) is 9.34. The van der Waals surface area contributed by atoms with Crippen LogP contribution in [0.1, 0.15) is 31.2 Å².